The number of carbonyl (C=O) groups excluding carboxylic acids is 1. The molecule has 7 heteroatoms. The molecule has 0 spiro atoms. The molecule has 4 rings (SSSR count). The van der Waals surface area contributed by atoms with E-state index in [4.69, 9.17) is 4.74 Å². The van der Waals surface area contributed by atoms with Gasteiger partial charge in [0.2, 0.25) is 0 Å². The second-order valence-electron chi connectivity index (χ2n) is 5.91. The molecular weight excluding hydrogens is 282 g/mol. The van der Waals surface area contributed by atoms with Crippen molar-refractivity contribution in [2.24, 2.45) is 0 Å². The molecule has 1 amide bonds. The van der Waals surface area contributed by atoms with E-state index < -0.39 is 0 Å². The molecule has 7 nitrogen and oxygen atoms in total. The third-order valence-corrected chi connectivity index (χ3v) is 4.54. The molecule has 0 aromatic carbocycles. The van der Waals surface area contributed by atoms with Gasteiger partial charge in [-0.3, -0.25) is 14.1 Å². The first kappa shape index (κ1) is 13.7. The van der Waals surface area contributed by atoms with Crippen LogP contribution >= 0.6 is 0 Å². The maximum absolute atomic E-state index is 12.6. The molecule has 0 unspecified atom stereocenters. The molecule has 2 aromatic heterocycles. The van der Waals surface area contributed by atoms with Crippen LogP contribution in [0.25, 0.3) is 5.65 Å². The zero-order valence-corrected chi connectivity index (χ0v) is 12.3. The highest BCUT2D eigenvalue weighted by atomic mass is 16.5. The lowest BCUT2D eigenvalue weighted by atomic mass is 10.1. The number of nitrogens with zero attached hydrogens (tertiary/aromatic N) is 4. The van der Waals surface area contributed by atoms with Gasteiger partial charge in [-0.2, -0.15) is 0 Å². The van der Waals surface area contributed by atoms with Crippen molar-refractivity contribution >= 4 is 11.6 Å². The first-order valence-electron chi connectivity index (χ1n) is 7.74. The van der Waals surface area contributed by atoms with Crippen LogP contribution in [0.4, 0.5) is 0 Å². The topological polar surface area (TPSA) is 71.8 Å². The molecule has 22 heavy (non-hydrogen) atoms. The number of likely N-dealkylation sites (tertiary alicyclic amines) is 1. The maximum Gasteiger partial charge on any atom is 0.255 e. The minimum absolute atomic E-state index is 0.0359. The van der Waals surface area contributed by atoms with Gasteiger partial charge < -0.3 is 10.1 Å². The van der Waals surface area contributed by atoms with E-state index >= 15 is 0 Å². The highest BCUT2D eigenvalue weighted by Crippen LogP contribution is 2.19. The van der Waals surface area contributed by atoms with Crippen LogP contribution in [-0.4, -0.2) is 63.8 Å². The van der Waals surface area contributed by atoms with Gasteiger partial charge in [0.15, 0.2) is 5.65 Å². The monoisotopic (exact) mass is 301 g/mol. The number of hydrogen-bond donors (Lipinski definition) is 1. The third-order valence-electron chi connectivity index (χ3n) is 4.54. The van der Waals surface area contributed by atoms with Crippen LogP contribution in [0, 0.1) is 0 Å². The molecule has 2 aliphatic rings. The van der Waals surface area contributed by atoms with Crippen LogP contribution in [-0.2, 0) is 4.74 Å². The Kier molecular flexibility index (Phi) is 3.51. The van der Waals surface area contributed by atoms with E-state index in [1.807, 2.05) is 12.3 Å². The molecular formula is C15H19N5O2. The summed E-state index contributed by atoms with van der Waals surface area (Å²) in [4.78, 5) is 15.0. The van der Waals surface area contributed by atoms with Crippen LogP contribution in [0.15, 0.2) is 24.7 Å². The summed E-state index contributed by atoms with van der Waals surface area (Å²) in [7, 11) is 0. The van der Waals surface area contributed by atoms with Gasteiger partial charge in [-0.15, -0.1) is 10.2 Å². The van der Waals surface area contributed by atoms with Crippen molar-refractivity contribution in [1.82, 2.24) is 24.8 Å². The van der Waals surface area contributed by atoms with Crippen LogP contribution in [0.2, 0.25) is 0 Å². The first-order valence-corrected chi connectivity index (χ1v) is 7.74. The smallest absolute Gasteiger partial charge is 0.255 e. The Labute approximate surface area is 128 Å². The van der Waals surface area contributed by atoms with E-state index in [9.17, 15) is 4.79 Å². The highest BCUT2D eigenvalue weighted by molar-refractivity contribution is 5.99. The fourth-order valence-corrected chi connectivity index (χ4v) is 3.39. The Bertz CT molecular complexity index is 679. The number of carbonyl (C=O) groups is 1. The quantitative estimate of drug-likeness (QED) is 0.884. The van der Waals surface area contributed by atoms with E-state index in [0.29, 0.717) is 24.4 Å². The van der Waals surface area contributed by atoms with Gasteiger partial charge in [0.05, 0.1) is 30.9 Å². The zero-order chi connectivity index (χ0) is 14.9. The SMILES string of the molecule is O=C(N[C@@H]1COC[C@H]1N1CCCC1)c1cccn2cnnc12. The third kappa shape index (κ3) is 2.36. The summed E-state index contributed by atoms with van der Waals surface area (Å²) in [6.45, 7) is 3.46. The van der Waals surface area contributed by atoms with Gasteiger partial charge in [-0.1, -0.05) is 0 Å². The Balaban J connectivity index is 1.52. The summed E-state index contributed by atoms with van der Waals surface area (Å²) < 4.78 is 7.35. The van der Waals surface area contributed by atoms with Crippen molar-refractivity contribution in [1.29, 1.82) is 0 Å². The molecule has 0 aliphatic carbocycles. The molecule has 4 heterocycles. The van der Waals surface area contributed by atoms with Crippen molar-refractivity contribution in [3.63, 3.8) is 0 Å². The number of ether oxygens (including phenoxy) is 1. The molecule has 2 atom stereocenters. The predicted molar refractivity (Wildman–Crippen MR) is 79.7 cm³/mol. The summed E-state index contributed by atoms with van der Waals surface area (Å²) in [6, 6.07) is 3.92. The van der Waals surface area contributed by atoms with Gasteiger partial charge in [0, 0.05) is 6.20 Å². The largest absolute Gasteiger partial charge is 0.378 e. The second kappa shape index (κ2) is 5.66. The number of amides is 1. The normalized spacial score (nSPS) is 25.8. The van der Waals surface area contributed by atoms with E-state index in [-0.39, 0.29) is 18.0 Å². The first-order chi connectivity index (χ1) is 10.8. The van der Waals surface area contributed by atoms with Crippen molar-refractivity contribution in [2.45, 2.75) is 24.9 Å². The predicted octanol–water partition coefficient (Wildman–Crippen LogP) is 0.322. The van der Waals surface area contributed by atoms with Crippen LogP contribution in [0.3, 0.4) is 0 Å². The molecule has 0 radical (unpaired) electrons. The zero-order valence-electron chi connectivity index (χ0n) is 12.3. The van der Waals surface area contributed by atoms with Gasteiger partial charge in [-0.05, 0) is 38.1 Å². The molecule has 0 saturated carbocycles. The van der Waals surface area contributed by atoms with Crippen molar-refractivity contribution < 1.29 is 9.53 Å². The maximum atomic E-state index is 12.6. The summed E-state index contributed by atoms with van der Waals surface area (Å²) in [6.07, 6.45) is 5.89. The number of nitrogens with one attached hydrogen (secondary N) is 1. The summed E-state index contributed by atoms with van der Waals surface area (Å²) >= 11 is 0. The lowest BCUT2D eigenvalue weighted by Gasteiger charge is -2.27. The minimum atomic E-state index is -0.113. The van der Waals surface area contributed by atoms with E-state index in [1.54, 1.807) is 16.8 Å². The van der Waals surface area contributed by atoms with Crippen LogP contribution in [0.5, 0.6) is 0 Å². The Morgan fingerprint density at radius 2 is 2.18 bits per heavy atom. The van der Waals surface area contributed by atoms with E-state index in [1.165, 1.54) is 12.8 Å². The Morgan fingerprint density at radius 3 is 3.05 bits per heavy atom. The average Bonchev–Trinajstić information content (AvgIpc) is 3.27. The molecule has 116 valence electrons. The summed E-state index contributed by atoms with van der Waals surface area (Å²) in [5, 5.41) is 11.0. The highest BCUT2D eigenvalue weighted by Gasteiger charge is 2.35. The Morgan fingerprint density at radius 1 is 1.32 bits per heavy atom. The molecule has 0 bridgehead atoms. The number of aromatic nitrogens is 3. The molecule has 2 aliphatic heterocycles. The molecule has 1 N–H and O–H groups in total. The van der Waals surface area contributed by atoms with Gasteiger partial charge in [0.25, 0.3) is 5.91 Å². The summed E-state index contributed by atoms with van der Waals surface area (Å²) in [5.74, 6) is -0.113. The fraction of sp³-hybridized carbons (Fsp3) is 0.533. The van der Waals surface area contributed by atoms with Crippen molar-refractivity contribution in [3.05, 3.63) is 30.2 Å². The van der Waals surface area contributed by atoms with Gasteiger partial charge in [0.1, 0.15) is 6.33 Å². The molecule has 2 fully saturated rings. The lowest BCUT2D eigenvalue weighted by Crippen LogP contribution is -2.50. The van der Waals surface area contributed by atoms with Gasteiger partial charge in [-0.25, -0.2) is 0 Å². The van der Waals surface area contributed by atoms with E-state index in [0.717, 1.165) is 13.1 Å². The summed E-state index contributed by atoms with van der Waals surface area (Å²) in [5.41, 5.74) is 1.13. The second-order valence-corrected chi connectivity index (χ2v) is 5.91. The molecule has 2 aromatic rings. The minimum Gasteiger partial charge on any atom is -0.378 e. The number of rotatable bonds is 3. The van der Waals surface area contributed by atoms with Crippen molar-refractivity contribution in [3.8, 4) is 0 Å². The fourth-order valence-electron chi connectivity index (χ4n) is 3.39. The number of pyridine rings is 1. The van der Waals surface area contributed by atoms with E-state index in [2.05, 4.69) is 20.4 Å². The Hall–Kier alpha value is -1.99. The number of fused-ring (bicyclic) bond motifs is 1. The number of hydrogen-bond acceptors (Lipinski definition) is 5. The lowest BCUT2D eigenvalue weighted by molar-refractivity contribution is 0.0917. The molecule has 2 saturated heterocycles. The van der Waals surface area contributed by atoms with Crippen molar-refractivity contribution in [2.75, 3.05) is 26.3 Å². The average molecular weight is 301 g/mol. The standard InChI is InChI=1S/C15H19N5O2/c21-15(11-4-3-7-20-10-16-18-14(11)20)17-12-8-22-9-13(12)19-5-1-2-6-19/h3-4,7,10,12-13H,1-2,5-6,8-9H2,(H,17,21)/t12-,13-/m1/s1. The van der Waals surface area contributed by atoms with Crippen LogP contribution in [0.1, 0.15) is 23.2 Å². The van der Waals surface area contributed by atoms with Crippen LogP contribution < -0.4 is 5.32 Å². The van der Waals surface area contributed by atoms with Gasteiger partial charge >= 0.3 is 0 Å².